The van der Waals surface area contributed by atoms with Crippen molar-refractivity contribution in [1.82, 2.24) is 14.3 Å². The fourth-order valence-corrected chi connectivity index (χ4v) is 6.37. The summed E-state index contributed by atoms with van der Waals surface area (Å²) in [5, 5.41) is 4.90. The zero-order valence-corrected chi connectivity index (χ0v) is 23.4. The minimum atomic E-state index is -4.03. The number of benzene rings is 2. The van der Waals surface area contributed by atoms with Crippen molar-refractivity contribution >= 4 is 33.1 Å². The number of ether oxygens (including phenoxy) is 1. The number of nitrogens with zero attached hydrogens (tertiary/aromatic N) is 4. The second kappa shape index (κ2) is 11.7. The highest BCUT2D eigenvalue weighted by molar-refractivity contribution is 7.92. The molecule has 1 N–H and O–H groups in total. The monoisotopic (exact) mass is 567 g/mol. The average molecular weight is 568 g/mol. The molecule has 1 saturated heterocycles. The summed E-state index contributed by atoms with van der Waals surface area (Å²) in [5.41, 5.74) is 3.66. The van der Waals surface area contributed by atoms with Gasteiger partial charge in [-0.05, 0) is 85.0 Å². The van der Waals surface area contributed by atoms with Gasteiger partial charge in [-0.2, -0.15) is 12.8 Å². The van der Waals surface area contributed by atoms with Crippen molar-refractivity contribution in [3.05, 3.63) is 94.2 Å². The highest BCUT2D eigenvalue weighted by Crippen LogP contribution is 2.28. The van der Waals surface area contributed by atoms with Crippen LogP contribution >= 0.6 is 11.5 Å². The van der Waals surface area contributed by atoms with Crippen molar-refractivity contribution in [2.45, 2.75) is 38.0 Å². The Balaban J connectivity index is 1.36. The van der Waals surface area contributed by atoms with E-state index in [1.165, 1.54) is 40.6 Å². The van der Waals surface area contributed by atoms with E-state index in [2.05, 4.69) is 19.6 Å². The Morgan fingerprint density at radius 1 is 1.15 bits per heavy atom. The highest BCUT2D eigenvalue weighted by atomic mass is 32.2. The zero-order valence-electron chi connectivity index (χ0n) is 21.8. The Hall–Kier alpha value is -3.54. The number of aromatic nitrogens is 2. The third kappa shape index (κ3) is 6.05. The number of hydrogen-bond donors (Lipinski definition) is 1. The maximum atomic E-state index is 14.7. The van der Waals surface area contributed by atoms with E-state index < -0.39 is 10.0 Å². The number of methoxy groups -OCH3 is 1. The first-order valence-corrected chi connectivity index (χ1v) is 14.9. The summed E-state index contributed by atoms with van der Waals surface area (Å²) >= 11 is 1.18. The molecule has 1 fully saturated rings. The van der Waals surface area contributed by atoms with Gasteiger partial charge in [-0.3, -0.25) is 4.90 Å². The van der Waals surface area contributed by atoms with E-state index in [1.54, 1.807) is 36.8 Å². The lowest BCUT2D eigenvalue weighted by molar-refractivity contribution is 0.172. The fourth-order valence-electron chi connectivity index (χ4n) is 4.40. The van der Waals surface area contributed by atoms with Gasteiger partial charge in [0, 0.05) is 24.0 Å². The largest absolute Gasteiger partial charge is 0.497 e. The molecule has 1 aliphatic rings. The van der Waals surface area contributed by atoms with Crippen LogP contribution < -0.4 is 14.4 Å². The summed E-state index contributed by atoms with van der Waals surface area (Å²) in [7, 11) is -2.45. The van der Waals surface area contributed by atoms with E-state index in [0.29, 0.717) is 34.9 Å². The topological polar surface area (TPSA) is 87.7 Å². The van der Waals surface area contributed by atoms with Crippen LogP contribution in [0.4, 0.5) is 15.9 Å². The van der Waals surface area contributed by atoms with Gasteiger partial charge < -0.3 is 10.1 Å². The van der Waals surface area contributed by atoms with E-state index in [1.807, 2.05) is 25.1 Å². The molecule has 0 aliphatic carbocycles. The zero-order chi connectivity index (χ0) is 27.4. The van der Waals surface area contributed by atoms with Gasteiger partial charge in [-0.15, -0.1) is 0 Å². The normalized spacial score (nSPS) is 13.6. The minimum Gasteiger partial charge on any atom is -0.497 e. The number of rotatable bonds is 11. The van der Waals surface area contributed by atoms with E-state index >= 15 is 0 Å². The molecule has 0 amide bonds. The van der Waals surface area contributed by atoms with Gasteiger partial charge in [0.25, 0.3) is 10.0 Å². The molecule has 1 aliphatic heterocycles. The molecule has 0 radical (unpaired) electrons. The van der Waals surface area contributed by atoms with Gasteiger partial charge in [0.1, 0.15) is 11.6 Å². The number of aryl methyl sites for hydroxylation is 1. The smallest absolute Gasteiger partial charge is 0.283 e. The molecule has 39 heavy (non-hydrogen) atoms. The minimum absolute atomic E-state index is 0.0866. The predicted molar refractivity (Wildman–Crippen MR) is 151 cm³/mol. The van der Waals surface area contributed by atoms with E-state index in [9.17, 15) is 12.8 Å². The van der Waals surface area contributed by atoms with Crippen molar-refractivity contribution in [3.8, 4) is 5.75 Å². The summed E-state index contributed by atoms with van der Waals surface area (Å²) in [6, 6.07) is 15.6. The Bertz CT molecular complexity index is 1530. The van der Waals surface area contributed by atoms with Crippen LogP contribution in [0, 0.1) is 12.7 Å². The number of halogens is 1. The maximum absolute atomic E-state index is 14.7. The van der Waals surface area contributed by atoms with Crippen LogP contribution in [0.3, 0.4) is 0 Å². The molecule has 2 aromatic heterocycles. The predicted octanol–water partition coefficient (Wildman–Crippen LogP) is 5.21. The summed E-state index contributed by atoms with van der Waals surface area (Å²) < 4.78 is 53.0. The first kappa shape index (κ1) is 27.0. The number of nitrogens with one attached hydrogen (secondary N) is 1. The van der Waals surface area contributed by atoms with Crippen LogP contribution in [0.5, 0.6) is 5.75 Å². The Morgan fingerprint density at radius 2 is 1.95 bits per heavy atom. The van der Waals surface area contributed by atoms with Crippen LogP contribution in [0.2, 0.25) is 0 Å². The first-order chi connectivity index (χ1) is 18.8. The molecule has 4 aromatic rings. The molecule has 0 bridgehead atoms. The van der Waals surface area contributed by atoms with Crippen molar-refractivity contribution in [1.29, 1.82) is 0 Å². The maximum Gasteiger partial charge on any atom is 0.283 e. The van der Waals surface area contributed by atoms with Gasteiger partial charge in [-0.25, -0.2) is 13.7 Å². The van der Waals surface area contributed by atoms with Crippen LogP contribution in [0.25, 0.3) is 0 Å². The van der Waals surface area contributed by atoms with E-state index in [4.69, 9.17) is 4.74 Å². The van der Waals surface area contributed by atoms with Crippen molar-refractivity contribution in [3.63, 3.8) is 0 Å². The number of likely N-dealkylation sites (tertiary alicyclic amines) is 1. The average Bonchev–Trinajstić information content (AvgIpc) is 3.44. The summed E-state index contributed by atoms with van der Waals surface area (Å²) in [4.78, 5) is 6.58. The van der Waals surface area contributed by atoms with E-state index in [-0.39, 0.29) is 23.9 Å². The molecular weight excluding hydrogens is 537 g/mol. The number of anilines is 2. The second-order valence-corrected chi connectivity index (χ2v) is 11.9. The van der Waals surface area contributed by atoms with Crippen LogP contribution in [0.1, 0.15) is 28.7 Å². The lowest BCUT2D eigenvalue weighted by Crippen LogP contribution is -2.36. The lowest BCUT2D eigenvalue weighted by Gasteiger charge is -2.31. The van der Waals surface area contributed by atoms with Crippen LogP contribution in [-0.2, 0) is 29.7 Å². The van der Waals surface area contributed by atoms with Gasteiger partial charge in [0.2, 0.25) is 0 Å². The van der Waals surface area contributed by atoms with Crippen LogP contribution in [0.15, 0.2) is 71.2 Å². The molecule has 0 spiro atoms. The molecule has 204 valence electrons. The number of hydrogen-bond acceptors (Lipinski definition) is 8. The van der Waals surface area contributed by atoms with Gasteiger partial charge in [0.15, 0.2) is 10.8 Å². The third-order valence-corrected chi connectivity index (χ3v) is 9.02. The standard InChI is InChI=1S/C28H30FN5O3S2/c1-20-15-28(31-17-26(20)30-16-24-22(5-3-6-25(24)29)19-33-12-4-13-33)39(35,36)34(27-11-14-38-32-27)18-21-7-9-23(37-2)10-8-21/h3,5-11,14-15,17,30H,4,12-13,16,18-19H2,1-2H3. The van der Waals surface area contributed by atoms with Crippen molar-refractivity contribution in [2.75, 3.05) is 29.8 Å². The SMILES string of the molecule is COc1ccc(CN(c2ccsn2)S(=O)(=O)c2cc(C)c(NCc3c(F)cccc3CN3CCC3)cn2)cc1. The Morgan fingerprint density at radius 3 is 2.59 bits per heavy atom. The van der Waals surface area contributed by atoms with Gasteiger partial charge in [0.05, 0.1) is 25.5 Å². The van der Waals surface area contributed by atoms with Crippen LogP contribution in [-0.4, -0.2) is 42.9 Å². The molecule has 11 heteroatoms. The van der Waals surface area contributed by atoms with Gasteiger partial charge >= 0.3 is 0 Å². The number of sulfonamides is 1. The van der Waals surface area contributed by atoms with Crippen molar-refractivity contribution in [2.24, 2.45) is 0 Å². The molecule has 3 heterocycles. The lowest BCUT2D eigenvalue weighted by atomic mass is 10.0. The fraction of sp³-hybridized carbons (Fsp3) is 0.286. The van der Waals surface area contributed by atoms with Gasteiger partial charge in [-0.1, -0.05) is 24.3 Å². The second-order valence-electron chi connectivity index (χ2n) is 9.42. The Labute approximate surface area is 232 Å². The number of pyridine rings is 1. The Kier molecular flexibility index (Phi) is 8.10. The first-order valence-electron chi connectivity index (χ1n) is 12.6. The molecule has 0 unspecified atom stereocenters. The molecule has 8 nitrogen and oxygen atoms in total. The highest BCUT2D eigenvalue weighted by Gasteiger charge is 2.28. The molecular formula is C28H30FN5O3S2. The quantitative estimate of drug-likeness (QED) is 0.266. The summed E-state index contributed by atoms with van der Waals surface area (Å²) in [5.74, 6) is 0.750. The molecule has 5 rings (SSSR count). The molecule has 2 aromatic carbocycles. The molecule has 0 atom stereocenters. The van der Waals surface area contributed by atoms with E-state index in [0.717, 1.165) is 24.2 Å². The molecule has 0 saturated carbocycles. The summed E-state index contributed by atoms with van der Waals surface area (Å²) in [6.45, 7) is 4.93. The summed E-state index contributed by atoms with van der Waals surface area (Å²) in [6.07, 6.45) is 2.66. The van der Waals surface area contributed by atoms with Crippen molar-refractivity contribution < 1.29 is 17.5 Å². The third-order valence-electron chi connectivity index (χ3n) is 6.82.